The number of ketones is 1. The second-order valence-corrected chi connectivity index (χ2v) is 4.77. The van der Waals surface area contributed by atoms with E-state index in [1.165, 1.54) is 0 Å². The van der Waals surface area contributed by atoms with Crippen molar-refractivity contribution in [2.45, 2.75) is 6.42 Å². The number of ether oxygens (including phenoxy) is 1. The molecule has 4 heteroatoms. The summed E-state index contributed by atoms with van der Waals surface area (Å²) < 4.78 is 5.06. The van der Waals surface area contributed by atoms with Gasteiger partial charge in [-0.3, -0.25) is 4.79 Å². The maximum absolute atomic E-state index is 12.0. The molecule has 0 saturated heterocycles. The molecule has 0 saturated carbocycles. The van der Waals surface area contributed by atoms with Gasteiger partial charge in [-0.2, -0.15) is 0 Å². The first-order chi connectivity index (χ1) is 9.69. The molecule has 0 aliphatic rings. The number of carbonyl (C=O) groups excluding carboxylic acids is 1. The van der Waals surface area contributed by atoms with Crippen LogP contribution >= 0.6 is 11.6 Å². The fourth-order valence-electron chi connectivity index (χ4n) is 1.81. The summed E-state index contributed by atoms with van der Waals surface area (Å²) in [5.41, 5.74) is 1.65. The lowest BCUT2D eigenvalue weighted by Gasteiger charge is -2.06. The van der Waals surface area contributed by atoms with Crippen LogP contribution < -0.4 is 10.1 Å². The Morgan fingerprint density at radius 1 is 1.10 bits per heavy atom. The number of Topliss-reactive ketones (excluding diaryl/α,β-unsaturated/α-hetero) is 1. The second-order valence-electron chi connectivity index (χ2n) is 4.34. The summed E-state index contributed by atoms with van der Waals surface area (Å²) in [5.74, 6) is 0.856. The fraction of sp³-hybridized carbons (Fsp3) is 0.188. The monoisotopic (exact) mass is 289 g/mol. The van der Waals surface area contributed by atoms with E-state index in [0.29, 0.717) is 23.6 Å². The van der Waals surface area contributed by atoms with Crippen molar-refractivity contribution in [3.05, 3.63) is 59.1 Å². The van der Waals surface area contributed by atoms with E-state index in [4.69, 9.17) is 16.3 Å². The van der Waals surface area contributed by atoms with Crippen LogP contribution in [0.1, 0.15) is 16.8 Å². The number of benzene rings is 2. The molecule has 2 aromatic carbocycles. The maximum Gasteiger partial charge on any atom is 0.164 e. The molecule has 3 nitrogen and oxygen atoms in total. The molecule has 0 fully saturated rings. The first-order valence-electron chi connectivity index (χ1n) is 6.36. The maximum atomic E-state index is 12.0. The van der Waals surface area contributed by atoms with Crippen LogP contribution in [0.25, 0.3) is 0 Å². The van der Waals surface area contributed by atoms with E-state index in [-0.39, 0.29) is 5.78 Å². The van der Waals surface area contributed by atoms with Gasteiger partial charge in [0.25, 0.3) is 0 Å². The van der Waals surface area contributed by atoms with Crippen molar-refractivity contribution in [3.8, 4) is 5.75 Å². The molecule has 0 aliphatic carbocycles. The van der Waals surface area contributed by atoms with Gasteiger partial charge in [-0.1, -0.05) is 11.6 Å². The SMILES string of the molecule is COc1ccc(C(=O)CCNc2ccc(Cl)cc2)cc1. The Kier molecular flexibility index (Phi) is 5.02. The molecule has 0 radical (unpaired) electrons. The van der Waals surface area contributed by atoms with Gasteiger partial charge in [0.1, 0.15) is 5.75 Å². The van der Waals surface area contributed by atoms with Crippen LogP contribution in [0.2, 0.25) is 5.02 Å². The minimum atomic E-state index is 0.106. The summed E-state index contributed by atoms with van der Waals surface area (Å²) in [6.07, 6.45) is 0.439. The van der Waals surface area contributed by atoms with Gasteiger partial charge in [-0.05, 0) is 48.5 Å². The van der Waals surface area contributed by atoms with Gasteiger partial charge in [-0.25, -0.2) is 0 Å². The Morgan fingerprint density at radius 3 is 2.35 bits per heavy atom. The van der Waals surface area contributed by atoms with Gasteiger partial charge in [0.05, 0.1) is 7.11 Å². The zero-order valence-electron chi connectivity index (χ0n) is 11.2. The van der Waals surface area contributed by atoms with Crippen molar-refractivity contribution in [1.82, 2.24) is 0 Å². The molecule has 0 unspecified atom stereocenters. The molecule has 0 amide bonds. The third kappa shape index (κ3) is 4.00. The van der Waals surface area contributed by atoms with Crippen molar-refractivity contribution in [2.24, 2.45) is 0 Å². The zero-order valence-corrected chi connectivity index (χ0v) is 12.0. The highest BCUT2D eigenvalue weighted by Crippen LogP contribution is 2.15. The number of anilines is 1. The summed E-state index contributed by atoms with van der Waals surface area (Å²) in [7, 11) is 1.60. The summed E-state index contributed by atoms with van der Waals surface area (Å²) in [5, 5.41) is 3.89. The van der Waals surface area contributed by atoms with Gasteiger partial charge < -0.3 is 10.1 Å². The van der Waals surface area contributed by atoms with Crippen molar-refractivity contribution in [2.75, 3.05) is 19.0 Å². The fourth-order valence-corrected chi connectivity index (χ4v) is 1.94. The molecule has 0 aromatic heterocycles. The normalized spacial score (nSPS) is 10.1. The van der Waals surface area contributed by atoms with Crippen LogP contribution in [0.4, 0.5) is 5.69 Å². The number of carbonyl (C=O) groups is 1. The number of methoxy groups -OCH3 is 1. The number of halogens is 1. The van der Waals surface area contributed by atoms with Crippen LogP contribution in [-0.4, -0.2) is 19.4 Å². The highest BCUT2D eigenvalue weighted by atomic mass is 35.5. The van der Waals surface area contributed by atoms with E-state index < -0.39 is 0 Å². The predicted molar refractivity (Wildman–Crippen MR) is 81.9 cm³/mol. The van der Waals surface area contributed by atoms with Crippen molar-refractivity contribution >= 4 is 23.1 Å². The van der Waals surface area contributed by atoms with Gasteiger partial charge in [-0.15, -0.1) is 0 Å². The van der Waals surface area contributed by atoms with Crippen LogP contribution in [0.3, 0.4) is 0 Å². The molecule has 2 rings (SSSR count). The van der Waals surface area contributed by atoms with Crippen LogP contribution in [-0.2, 0) is 0 Å². The Balaban J connectivity index is 1.83. The molecular weight excluding hydrogens is 274 g/mol. The van der Waals surface area contributed by atoms with Gasteiger partial charge in [0.15, 0.2) is 5.78 Å². The molecule has 0 atom stereocenters. The highest BCUT2D eigenvalue weighted by molar-refractivity contribution is 6.30. The smallest absolute Gasteiger partial charge is 0.164 e. The van der Waals surface area contributed by atoms with Crippen LogP contribution in [0.15, 0.2) is 48.5 Å². The summed E-state index contributed by atoms with van der Waals surface area (Å²) >= 11 is 5.81. The highest BCUT2D eigenvalue weighted by Gasteiger charge is 2.05. The summed E-state index contributed by atoms with van der Waals surface area (Å²) in [6.45, 7) is 0.590. The molecule has 0 bridgehead atoms. The summed E-state index contributed by atoms with van der Waals surface area (Å²) in [6, 6.07) is 14.6. The van der Waals surface area contributed by atoms with E-state index in [1.54, 1.807) is 31.4 Å². The average molecular weight is 290 g/mol. The minimum Gasteiger partial charge on any atom is -0.497 e. The lowest BCUT2D eigenvalue weighted by atomic mass is 10.1. The van der Waals surface area contributed by atoms with Crippen LogP contribution in [0.5, 0.6) is 5.75 Å². The van der Waals surface area contributed by atoms with Gasteiger partial charge in [0.2, 0.25) is 0 Å². The third-order valence-electron chi connectivity index (χ3n) is 2.94. The molecular formula is C16H16ClNO2. The number of rotatable bonds is 6. The molecule has 104 valence electrons. The van der Waals surface area contributed by atoms with E-state index in [1.807, 2.05) is 24.3 Å². The van der Waals surface area contributed by atoms with Crippen molar-refractivity contribution in [1.29, 1.82) is 0 Å². The van der Waals surface area contributed by atoms with E-state index >= 15 is 0 Å². The molecule has 0 spiro atoms. The van der Waals surface area contributed by atoms with Crippen molar-refractivity contribution in [3.63, 3.8) is 0 Å². The van der Waals surface area contributed by atoms with Gasteiger partial charge >= 0.3 is 0 Å². The minimum absolute atomic E-state index is 0.106. The predicted octanol–water partition coefficient (Wildman–Crippen LogP) is 4.03. The number of nitrogens with one attached hydrogen (secondary N) is 1. The molecule has 0 heterocycles. The average Bonchev–Trinajstić information content (AvgIpc) is 2.49. The van der Waals surface area contributed by atoms with Crippen molar-refractivity contribution < 1.29 is 9.53 Å². The Morgan fingerprint density at radius 2 is 1.75 bits per heavy atom. The molecule has 0 aliphatic heterocycles. The van der Waals surface area contributed by atoms with Gasteiger partial charge in [0, 0.05) is 29.2 Å². The first kappa shape index (κ1) is 14.4. The van der Waals surface area contributed by atoms with Crippen LogP contribution in [0, 0.1) is 0 Å². The number of hydrogen-bond donors (Lipinski definition) is 1. The first-order valence-corrected chi connectivity index (χ1v) is 6.73. The van der Waals surface area contributed by atoms with E-state index in [0.717, 1.165) is 11.4 Å². The molecule has 1 N–H and O–H groups in total. The topological polar surface area (TPSA) is 38.3 Å². The summed E-state index contributed by atoms with van der Waals surface area (Å²) in [4.78, 5) is 12.0. The molecule has 20 heavy (non-hydrogen) atoms. The van der Waals surface area contributed by atoms with E-state index in [9.17, 15) is 4.79 Å². The number of hydrogen-bond acceptors (Lipinski definition) is 3. The Bertz CT molecular complexity index is 564. The van der Waals surface area contributed by atoms with E-state index in [2.05, 4.69) is 5.32 Å². The lowest BCUT2D eigenvalue weighted by molar-refractivity contribution is 0.0986. The zero-order chi connectivity index (χ0) is 14.4. The largest absolute Gasteiger partial charge is 0.497 e. The second kappa shape index (κ2) is 6.96. The standard InChI is InChI=1S/C16H16ClNO2/c1-20-15-8-2-12(3-9-15)16(19)10-11-18-14-6-4-13(17)5-7-14/h2-9,18H,10-11H2,1H3. The Hall–Kier alpha value is -2.00. The lowest BCUT2D eigenvalue weighted by Crippen LogP contribution is -2.08. The Labute approximate surface area is 123 Å². The third-order valence-corrected chi connectivity index (χ3v) is 3.19. The quantitative estimate of drug-likeness (QED) is 0.816. The molecule has 2 aromatic rings.